The van der Waals surface area contributed by atoms with Gasteiger partial charge in [-0.1, -0.05) is 13.8 Å². The summed E-state index contributed by atoms with van der Waals surface area (Å²) < 4.78 is 0. The normalized spacial score (nSPS) is 25.6. The topological polar surface area (TPSA) is 49.3 Å². The van der Waals surface area contributed by atoms with E-state index in [-0.39, 0.29) is 5.91 Å². The van der Waals surface area contributed by atoms with Crippen LogP contribution in [0.3, 0.4) is 0 Å². The van der Waals surface area contributed by atoms with Gasteiger partial charge in [-0.05, 0) is 48.5 Å². The van der Waals surface area contributed by atoms with E-state index >= 15 is 0 Å². The highest BCUT2D eigenvalue weighted by molar-refractivity contribution is 7.99. The summed E-state index contributed by atoms with van der Waals surface area (Å²) in [6.45, 7) is 5.16. The van der Waals surface area contributed by atoms with Crippen molar-refractivity contribution in [2.45, 2.75) is 45.1 Å². The van der Waals surface area contributed by atoms with E-state index in [4.69, 9.17) is 0 Å². The fourth-order valence-corrected chi connectivity index (χ4v) is 3.64. The summed E-state index contributed by atoms with van der Waals surface area (Å²) in [4.78, 5) is 12.0. The predicted molar refractivity (Wildman–Crippen MR) is 71.0 cm³/mol. The highest BCUT2D eigenvalue weighted by Gasteiger charge is 2.46. The third-order valence-electron chi connectivity index (χ3n) is 4.46. The molecule has 1 aliphatic heterocycles. The van der Waals surface area contributed by atoms with Crippen molar-refractivity contribution in [2.75, 3.05) is 18.1 Å². The van der Waals surface area contributed by atoms with E-state index in [1.165, 1.54) is 12.8 Å². The first kappa shape index (κ1) is 13.2. The molecule has 2 fully saturated rings. The molecule has 0 aromatic heterocycles. The Bertz CT molecular complexity index is 294. The number of rotatable bonds is 4. The molecule has 1 aliphatic carbocycles. The van der Waals surface area contributed by atoms with E-state index in [9.17, 15) is 9.90 Å². The van der Waals surface area contributed by atoms with E-state index in [0.717, 1.165) is 18.1 Å². The summed E-state index contributed by atoms with van der Waals surface area (Å²) in [5.41, 5.74) is -0.784. The summed E-state index contributed by atoms with van der Waals surface area (Å²) in [7, 11) is 0. The minimum absolute atomic E-state index is 0.148. The van der Waals surface area contributed by atoms with Crippen LogP contribution in [0.1, 0.15) is 39.5 Å². The lowest BCUT2D eigenvalue weighted by Gasteiger charge is -2.31. The molecule has 1 heterocycles. The minimum Gasteiger partial charge on any atom is -0.380 e. The third kappa shape index (κ3) is 2.79. The van der Waals surface area contributed by atoms with Crippen LogP contribution in [-0.2, 0) is 4.79 Å². The standard InChI is InChI=1S/C13H23NO2S/c1-10(2)12(3-4-12)9-14-11(15)13(16)5-7-17-8-6-13/h10,16H,3-9H2,1-2H3,(H,14,15). The molecule has 1 saturated carbocycles. The Balaban J connectivity index is 1.85. The van der Waals surface area contributed by atoms with Crippen molar-refractivity contribution in [1.29, 1.82) is 0 Å². The van der Waals surface area contributed by atoms with Crippen molar-refractivity contribution in [3.05, 3.63) is 0 Å². The molecule has 3 nitrogen and oxygen atoms in total. The van der Waals surface area contributed by atoms with Gasteiger partial charge in [0.05, 0.1) is 0 Å². The number of thioether (sulfide) groups is 1. The van der Waals surface area contributed by atoms with Gasteiger partial charge in [0, 0.05) is 6.54 Å². The van der Waals surface area contributed by atoms with Crippen LogP contribution in [0.4, 0.5) is 0 Å². The molecule has 0 atom stereocenters. The Hall–Kier alpha value is -0.220. The molecule has 2 aliphatic rings. The molecule has 0 unspecified atom stereocenters. The molecule has 1 amide bonds. The summed E-state index contributed by atoms with van der Waals surface area (Å²) in [5.74, 6) is 2.24. The zero-order valence-corrected chi connectivity index (χ0v) is 11.6. The average molecular weight is 257 g/mol. The van der Waals surface area contributed by atoms with Crippen molar-refractivity contribution in [2.24, 2.45) is 11.3 Å². The smallest absolute Gasteiger partial charge is 0.252 e. The molecular formula is C13H23NO2S. The Morgan fingerprint density at radius 2 is 1.88 bits per heavy atom. The van der Waals surface area contributed by atoms with Crippen molar-refractivity contribution < 1.29 is 9.90 Å². The summed E-state index contributed by atoms with van der Waals surface area (Å²) in [5, 5.41) is 13.2. The van der Waals surface area contributed by atoms with Gasteiger partial charge in [-0.25, -0.2) is 0 Å². The minimum atomic E-state index is -1.10. The Labute approximate surface area is 108 Å². The monoisotopic (exact) mass is 257 g/mol. The van der Waals surface area contributed by atoms with Crippen LogP contribution in [0, 0.1) is 11.3 Å². The molecule has 2 N–H and O–H groups in total. The van der Waals surface area contributed by atoms with Gasteiger partial charge in [-0.15, -0.1) is 0 Å². The van der Waals surface area contributed by atoms with Crippen molar-refractivity contribution in [3.8, 4) is 0 Å². The van der Waals surface area contributed by atoms with Crippen LogP contribution in [0.2, 0.25) is 0 Å². The third-order valence-corrected chi connectivity index (χ3v) is 5.45. The number of hydrogen-bond donors (Lipinski definition) is 2. The molecule has 2 rings (SSSR count). The number of hydrogen-bond acceptors (Lipinski definition) is 3. The van der Waals surface area contributed by atoms with E-state index in [0.29, 0.717) is 24.2 Å². The van der Waals surface area contributed by atoms with Gasteiger partial charge < -0.3 is 10.4 Å². The number of amides is 1. The molecule has 0 aromatic carbocycles. The van der Waals surface area contributed by atoms with Crippen LogP contribution in [0.5, 0.6) is 0 Å². The van der Waals surface area contributed by atoms with E-state index in [2.05, 4.69) is 19.2 Å². The second-order valence-electron chi connectivity index (χ2n) is 5.84. The van der Waals surface area contributed by atoms with E-state index in [1.807, 2.05) is 11.8 Å². The second kappa shape index (κ2) is 4.81. The number of carbonyl (C=O) groups is 1. The van der Waals surface area contributed by atoms with Gasteiger partial charge in [0.25, 0.3) is 5.91 Å². The molecule has 0 aromatic rings. The van der Waals surface area contributed by atoms with Crippen LogP contribution >= 0.6 is 11.8 Å². The Morgan fingerprint density at radius 1 is 1.29 bits per heavy atom. The van der Waals surface area contributed by atoms with Crippen molar-refractivity contribution in [3.63, 3.8) is 0 Å². The van der Waals surface area contributed by atoms with Crippen LogP contribution < -0.4 is 5.32 Å². The zero-order valence-electron chi connectivity index (χ0n) is 10.8. The van der Waals surface area contributed by atoms with E-state index in [1.54, 1.807) is 0 Å². The first-order chi connectivity index (χ1) is 7.99. The quantitative estimate of drug-likeness (QED) is 0.807. The lowest BCUT2D eigenvalue weighted by molar-refractivity contribution is -0.140. The molecule has 0 bridgehead atoms. The van der Waals surface area contributed by atoms with Gasteiger partial charge in [0.2, 0.25) is 0 Å². The van der Waals surface area contributed by atoms with Crippen LogP contribution in [0.15, 0.2) is 0 Å². The van der Waals surface area contributed by atoms with Crippen LogP contribution in [0.25, 0.3) is 0 Å². The summed E-state index contributed by atoms with van der Waals surface area (Å²) in [6, 6.07) is 0. The fraction of sp³-hybridized carbons (Fsp3) is 0.923. The summed E-state index contributed by atoms with van der Waals surface area (Å²) >= 11 is 1.82. The number of nitrogens with one attached hydrogen (secondary N) is 1. The largest absolute Gasteiger partial charge is 0.380 e. The van der Waals surface area contributed by atoms with Crippen molar-refractivity contribution >= 4 is 17.7 Å². The van der Waals surface area contributed by atoms with Gasteiger partial charge in [-0.2, -0.15) is 11.8 Å². The maximum atomic E-state index is 12.0. The van der Waals surface area contributed by atoms with Gasteiger partial charge in [0.1, 0.15) is 5.60 Å². The fourth-order valence-electron chi connectivity index (χ4n) is 2.48. The lowest BCUT2D eigenvalue weighted by atomic mass is 9.91. The molecule has 98 valence electrons. The lowest BCUT2D eigenvalue weighted by Crippen LogP contribution is -2.50. The van der Waals surface area contributed by atoms with Crippen LogP contribution in [-0.4, -0.2) is 34.7 Å². The molecule has 0 spiro atoms. The zero-order chi connectivity index (χ0) is 12.5. The van der Waals surface area contributed by atoms with Gasteiger partial charge >= 0.3 is 0 Å². The Kier molecular flexibility index (Phi) is 3.74. The van der Waals surface area contributed by atoms with Crippen molar-refractivity contribution in [1.82, 2.24) is 5.32 Å². The van der Waals surface area contributed by atoms with E-state index < -0.39 is 5.60 Å². The SMILES string of the molecule is CC(C)C1(CNC(=O)C2(O)CCSCC2)CC1. The number of aliphatic hydroxyl groups is 1. The van der Waals surface area contributed by atoms with Gasteiger partial charge in [0.15, 0.2) is 0 Å². The van der Waals surface area contributed by atoms with Gasteiger partial charge in [-0.3, -0.25) is 4.79 Å². The molecule has 1 saturated heterocycles. The summed E-state index contributed by atoms with van der Waals surface area (Å²) in [6.07, 6.45) is 3.61. The highest BCUT2D eigenvalue weighted by atomic mass is 32.2. The highest BCUT2D eigenvalue weighted by Crippen LogP contribution is 2.51. The number of carbonyl (C=O) groups excluding carboxylic acids is 1. The maximum Gasteiger partial charge on any atom is 0.252 e. The molecule has 0 radical (unpaired) electrons. The second-order valence-corrected chi connectivity index (χ2v) is 7.07. The molecular weight excluding hydrogens is 234 g/mol. The Morgan fingerprint density at radius 3 is 2.35 bits per heavy atom. The first-order valence-electron chi connectivity index (χ1n) is 6.57. The average Bonchev–Trinajstić information content (AvgIpc) is 3.08. The first-order valence-corrected chi connectivity index (χ1v) is 7.72. The predicted octanol–water partition coefficient (Wildman–Crippen LogP) is 1.80. The maximum absolute atomic E-state index is 12.0. The molecule has 17 heavy (non-hydrogen) atoms. The molecule has 4 heteroatoms.